The van der Waals surface area contributed by atoms with Gasteiger partial charge >= 0.3 is 0 Å². The number of nitrogens with zero attached hydrogens (tertiary/aromatic N) is 3. The molecule has 4 rings (SSSR count). The van der Waals surface area contributed by atoms with Crippen molar-refractivity contribution in [2.75, 3.05) is 6.61 Å². The van der Waals surface area contributed by atoms with Gasteiger partial charge in [-0.15, -0.1) is 0 Å². The zero-order valence-corrected chi connectivity index (χ0v) is 14.4. The molecule has 2 aromatic heterocycles. The summed E-state index contributed by atoms with van der Waals surface area (Å²) >= 11 is 0. The molecule has 0 unspecified atom stereocenters. The average molecular weight is 348 g/mol. The van der Waals surface area contributed by atoms with Crippen LogP contribution in [0, 0.1) is 0 Å². The number of fused-ring (bicyclic) bond motifs is 1. The summed E-state index contributed by atoms with van der Waals surface area (Å²) in [7, 11) is 0. The molecule has 26 heavy (non-hydrogen) atoms. The van der Waals surface area contributed by atoms with E-state index in [4.69, 9.17) is 4.74 Å². The molecular formula is C20H20N4O2. The number of carbonyl (C=O) groups is 1. The molecule has 0 radical (unpaired) electrons. The molecule has 3 aromatic rings. The molecular weight excluding hydrogens is 328 g/mol. The Kier molecular flexibility index (Phi) is 4.84. The Balaban J connectivity index is 1.38. The highest BCUT2D eigenvalue weighted by molar-refractivity contribution is 5.94. The lowest BCUT2D eigenvalue weighted by Gasteiger charge is -2.21. The van der Waals surface area contributed by atoms with Crippen LogP contribution in [0.1, 0.15) is 47.2 Å². The van der Waals surface area contributed by atoms with Crippen LogP contribution >= 0.6 is 0 Å². The van der Waals surface area contributed by atoms with Gasteiger partial charge in [-0.1, -0.05) is 24.3 Å². The summed E-state index contributed by atoms with van der Waals surface area (Å²) in [5, 5.41) is 3.88. The molecule has 3 heterocycles. The number of amides is 1. The molecule has 1 atom stereocenters. The van der Waals surface area contributed by atoms with Crippen molar-refractivity contribution in [3.8, 4) is 0 Å². The van der Waals surface area contributed by atoms with Crippen LogP contribution in [-0.2, 0) is 11.3 Å². The Labute approximate surface area is 151 Å². The number of aromatic nitrogens is 3. The molecule has 0 bridgehead atoms. The van der Waals surface area contributed by atoms with E-state index in [1.807, 2.05) is 30.3 Å². The van der Waals surface area contributed by atoms with E-state index in [9.17, 15) is 4.79 Å². The zero-order chi connectivity index (χ0) is 17.8. The van der Waals surface area contributed by atoms with E-state index in [-0.39, 0.29) is 12.0 Å². The molecule has 1 aliphatic rings. The summed E-state index contributed by atoms with van der Waals surface area (Å²) in [6.07, 6.45) is 6.69. The van der Waals surface area contributed by atoms with Crippen LogP contribution in [-0.4, -0.2) is 27.5 Å². The second-order valence-corrected chi connectivity index (χ2v) is 6.38. The third-order valence-corrected chi connectivity index (χ3v) is 4.48. The second kappa shape index (κ2) is 7.58. The average Bonchev–Trinajstić information content (AvgIpc) is 2.72. The number of pyridine rings is 1. The smallest absolute Gasteiger partial charge is 0.270 e. The van der Waals surface area contributed by atoms with Gasteiger partial charge in [0.2, 0.25) is 0 Å². The zero-order valence-electron chi connectivity index (χ0n) is 14.4. The summed E-state index contributed by atoms with van der Waals surface area (Å²) in [5.74, 6) is 0.506. The molecule has 1 N–H and O–H groups in total. The van der Waals surface area contributed by atoms with Gasteiger partial charge in [0, 0.05) is 36.5 Å². The Hall–Kier alpha value is -2.86. The quantitative estimate of drug-likeness (QED) is 0.783. The third kappa shape index (κ3) is 3.70. The van der Waals surface area contributed by atoms with Crippen molar-refractivity contribution in [2.24, 2.45) is 0 Å². The maximum atomic E-state index is 12.3. The lowest BCUT2D eigenvalue weighted by atomic mass is 10.1. The van der Waals surface area contributed by atoms with Crippen molar-refractivity contribution in [3.05, 3.63) is 65.9 Å². The SMILES string of the molecule is O=C(NCc1cnc([C@@H]2CCCCO2)nc1)c1ccc2ccccc2n1. The number of hydrogen-bond acceptors (Lipinski definition) is 5. The molecule has 132 valence electrons. The molecule has 1 aromatic carbocycles. The van der Waals surface area contributed by atoms with E-state index >= 15 is 0 Å². The number of hydrogen-bond donors (Lipinski definition) is 1. The number of nitrogens with one attached hydrogen (secondary N) is 1. The van der Waals surface area contributed by atoms with E-state index in [2.05, 4.69) is 20.3 Å². The van der Waals surface area contributed by atoms with Crippen LogP contribution in [0.4, 0.5) is 0 Å². The van der Waals surface area contributed by atoms with Gasteiger partial charge in [0.25, 0.3) is 5.91 Å². The summed E-state index contributed by atoms with van der Waals surface area (Å²) in [6.45, 7) is 1.13. The minimum atomic E-state index is -0.213. The van der Waals surface area contributed by atoms with E-state index in [0.29, 0.717) is 12.2 Å². The third-order valence-electron chi connectivity index (χ3n) is 4.48. The minimum Gasteiger partial charge on any atom is -0.370 e. The van der Waals surface area contributed by atoms with Crippen LogP contribution in [0.25, 0.3) is 10.9 Å². The summed E-state index contributed by atoms with van der Waals surface area (Å²) < 4.78 is 5.69. The molecule has 0 spiro atoms. The van der Waals surface area contributed by atoms with Crippen LogP contribution in [0.2, 0.25) is 0 Å². The fourth-order valence-corrected chi connectivity index (χ4v) is 3.03. The standard InChI is InChI=1S/C20H20N4O2/c25-20(17-9-8-15-5-1-2-6-16(15)24-17)23-13-14-11-21-19(22-12-14)18-7-3-4-10-26-18/h1-2,5-6,8-9,11-12,18H,3-4,7,10,13H2,(H,23,25)/t18-/m0/s1. The van der Waals surface area contributed by atoms with Crippen molar-refractivity contribution in [3.63, 3.8) is 0 Å². The van der Waals surface area contributed by atoms with Gasteiger partial charge in [0.05, 0.1) is 5.52 Å². The maximum absolute atomic E-state index is 12.3. The van der Waals surface area contributed by atoms with E-state index < -0.39 is 0 Å². The van der Waals surface area contributed by atoms with Crippen molar-refractivity contribution in [2.45, 2.75) is 31.9 Å². The Bertz CT molecular complexity index is 905. The highest BCUT2D eigenvalue weighted by Crippen LogP contribution is 2.24. The van der Waals surface area contributed by atoms with Gasteiger partial charge in [-0.05, 0) is 31.4 Å². The van der Waals surface area contributed by atoms with E-state index in [1.54, 1.807) is 18.5 Å². The van der Waals surface area contributed by atoms with Gasteiger partial charge < -0.3 is 10.1 Å². The molecule has 0 aliphatic carbocycles. The monoisotopic (exact) mass is 348 g/mol. The van der Waals surface area contributed by atoms with Crippen molar-refractivity contribution in [1.82, 2.24) is 20.3 Å². The number of ether oxygens (including phenoxy) is 1. The van der Waals surface area contributed by atoms with Crippen LogP contribution in [0.3, 0.4) is 0 Å². The molecule has 0 saturated carbocycles. The first kappa shape index (κ1) is 16.6. The highest BCUT2D eigenvalue weighted by atomic mass is 16.5. The van der Waals surface area contributed by atoms with Crippen LogP contribution in [0.5, 0.6) is 0 Å². The predicted molar refractivity (Wildman–Crippen MR) is 97.5 cm³/mol. The first-order valence-corrected chi connectivity index (χ1v) is 8.86. The number of carbonyl (C=O) groups excluding carboxylic acids is 1. The topological polar surface area (TPSA) is 77.0 Å². The molecule has 6 nitrogen and oxygen atoms in total. The molecule has 1 saturated heterocycles. The van der Waals surface area contributed by atoms with Gasteiger partial charge in [0.15, 0.2) is 5.82 Å². The largest absolute Gasteiger partial charge is 0.370 e. The summed E-state index contributed by atoms with van der Waals surface area (Å²) in [6, 6.07) is 11.4. The fraction of sp³-hybridized carbons (Fsp3) is 0.300. The van der Waals surface area contributed by atoms with Crippen molar-refractivity contribution in [1.29, 1.82) is 0 Å². The normalized spacial score (nSPS) is 17.2. The maximum Gasteiger partial charge on any atom is 0.270 e. The summed E-state index contributed by atoms with van der Waals surface area (Å²) in [5.41, 5.74) is 2.05. The van der Waals surface area contributed by atoms with E-state index in [1.165, 1.54) is 0 Å². The fourth-order valence-electron chi connectivity index (χ4n) is 3.03. The first-order valence-electron chi connectivity index (χ1n) is 8.86. The predicted octanol–water partition coefficient (Wildman–Crippen LogP) is 3.20. The van der Waals surface area contributed by atoms with Gasteiger partial charge in [-0.2, -0.15) is 0 Å². The van der Waals surface area contributed by atoms with Gasteiger partial charge in [-0.25, -0.2) is 15.0 Å². The van der Waals surface area contributed by atoms with Gasteiger partial charge in [0.1, 0.15) is 11.8 Å². The van der Waals surface area contributed by atoms with E-state index in [0.717, 1.165) is 48.2 Å². The summed E-state index contributed by atoms with van der Waals surface area (Å²) in [4.78, 5) is 25.5. The minimum absolute atomic E-state index is 0.00538. The van der Waals surface area contributed by atoms with Crippen LogP contribution in [0.15, 0.2) is 48.8 Å². The second-order valence-electron chi connectivity index (χ2n) is 6.38. The molecule has 1 aliphatic heterocycles. The van der Waals surface area contributed by atoms with Crippen molar-refractivity contribution >= 4 is 16.8 Å². The lowest BCUT2D eigenvalue weighted by Crippen LogP contribution is -2.24. The lowest BCUT2D eigenvalue weighted by molar-refractivity contribution is 0.00940. The number of benzene rings is 1. The molecule has 6 heteroatoms. The Morgan fingerprint density at radius 1 is 1.12 bits per heavy atom. The number of para-hydroxylation sites is 1. The number of rotatable bonds is 4. The Morgan fingerprint density at radius 3 is 2.77 bits per heavy atom. The highest BCUT2D eigenvalue weighted by Gasteiger charge is 2.18. The first-order chi connectivity index (χ1) is 12.8. The van der Waals surface area contributed by atoms with Gasteiger partial charge in [-0.3, -0.25) is 4.79 Å². The van der Waals surface area contributed by atoms with Crippen LogP contribution < -0.4 is 5.32 Å². The molecule has 1 amide bonds. The Morgan fingerprint density at radius 2 is 1.96 bits per heavy atom. The van der Waals surface area contributed by atoms with Crippen molar-refractivity contribution < 1.29 is 9.53 Å². The molecule has 1 fully saturated rings.